The maximum Gasteiger partial charge on any atom is 0.250 e. The van der Waals surface area contributed by atoms with Crippen molar-refractivity contribution in [1.29, 1.82) is 0 Å². The Balaban J connectivity index is 1.39. The molecule has 0 aliphatic heterocycles. The summed E-state index contributed by atoms with van der Waals surface area (Å²) in [6, 6.07) is 15.3. The summed E-state index contributed by atoms with van der Waals surface area (Å²) < 4.78 is 15.3. The zero-order chi connectivity index (χ0) is 21.1. The number of fused-ring (bicyclic) bond motifs is 1. The number of halogens is 1. The van der Waals surface area contributed by atoms with Gasteiger partial charge in [0.15, 0.2) is 5.11 Å². The number of aromatic nitrogens is 2. The highest BCUT2D eigenvalue weighted by Crippen LogP contribution is 2.26. The minimum Gasteiger partial charge on any atom is -0.457 e. The van der Waals surface area contributed by atoms with Gasteiger partial charge in [-0.1, -0.05) is 34.1 Å². The van der Waals surface area contributed by atoms with Crippen LogP contribution in [0.3, 0.4) is 0 Å². The van der Waals surface area contributed by atoms with Crippen molar-refractivity contribution in [1.82, 2.24) is 14.1 Å². The number of anilines is 1. The molecular weight excluding hydrogens is 484 g/mol. The van der Waals surface area contributed by atoms with Crippen molar-refractivity contribution in [2.24, 2.45) is 0 Å². The van der Waals surface area contributed by atoms with Gasteiger partial charge in [-0.25, -0.2) is 0 Å². The molecule has 0 spiro atoms. The van der Waals surface area contributed by atoms with Crippen LogP contribution in [0.2, 0.25) is 0 Å². The van der Waals surface area contributed by atoms with E-state index < -0.39 is 0 Å². The van der Waals surface area contributed by atoms with Crippen LogP contribution >= 0.6 is 39.9 Å². The molecule has 2 N–H and O–H groups in total. The first-order valence-electron chi connectivity index (χ1n) is 8.87. The number of aryl methyl sites for hydroxylation is 1. The van der Waals surface area contributed by atoms with Crippen molar-refractivity contribution >= 4 is 73.7 Å². The van der Waals surface area contributed by atoms with Crippen LogP contribution in [0, 0.1) is 6.92 Å². The first-order valence-corrected chi connectivity index (χ1v) is 10.8. The molecule has 0 fully saturated rings. The molecule has 30 heavy (non-hydrogen) atoms. The normalized spacial score (nSPS) is 11.1. The number of carbonyl (C=O) groups is 1. The zero-order valence-corrected chi connectivity index (χ0v) is 18.9. The number of thiocarbonyl (C=S) groups is 1. The largest absolute Gasteiger partial charge is 0.457 e. The summed E-state index contributed by atoms with van der Waals surface area (Å²) in [5, 5.41) is 5.86. The minimum atomic E-state index is -0.365. The van der Waals surface area contributed by atoms with E-state index in [4.69, 9.17) is 16.6 Å². The summed E-state index contributed by atoms with van der Waals surface area (Å²) in [6.45, 7) is 1.94. The second-order valence-corrected chi connectivity index (χ2v) is 8.23. The fraction of sp³-hybridized carbons (Fsp3) is 0.0476. The summed E-state index contributed by atoms with van der Waals surface area (Å²) in [7, 11) is 0. The van der Waals surface area contributed by atoms with E-state index in [0.29, 0.717) is 5.76 Å². The molecule has 150 valence electrons. The number of amides is 1. The molecular formula is C21H15BrN4O2S2. The Morgan fingerprint density at radius 2 is 1.93 bits per heavy atom. The van der Waals surface area contributed by atoms with Gasteiger partial charge in [0.25, 0.3) is 0 Å². The molecule has 1 amide bonds. The predicted octanol–water partition coefficient (Wildman–Crippen LogP) is 5.55. The lowest BCUT2D eigenvalue weighted by Crippen LogP contribution is -2.33. The smallest absolute Gasteiger partial charge is 0.250 e. The van der Waals surface area contributed by atoms with Crippen LogP contribution in [0.15, 0.2) is 63.5 Å². The average Bonchev–Trinajstić information content (AvgIpc) is 3.39. The lowest BCUT2D eigenvalue weighted by atomic mass is 10.1. The van der Waals surface area contributed by atoms with E-state index in [1.807, 2.05) is 49.4 Å². The summed E-state index contributed by atoms with van der Waals surface area (Å²) in [5.74, 6) is 0.923. The van der Waals surface area contributed by atoms with Gasteiger partial charge in [0, 0.05) is 16.1 Å². The topological polar surface area (TPSA) is 80.0 Å². The Morgan fingerprint density at radius 1 is 1.13 bits per heavy atom. The molecule has 0 atom stereocenters. The van der Waals surface area contributed by atoms with Crippen molar-refractivity contribution in [3.63, 3.8) is 0 Å². The van der Waals surface area contributed by atoms with Gasteiger partial charge >= 0.3 is 0 Å². The van der Waals surface area contributed by atoms with E-state index in [1.54, 1.807) is 12.1 Å². The fourth-order valence-electron chi connectivity index (χ4n) is 2.78. The average molecular weight is 499 g/mol. The number of carbonyl (C=O) groups excluding carboxylic acids is 1. The maximum atomic E-state index is 12.2. The molecule has 0 bridgehead atoms. The van der Waals surface area contributed by atoms with Gasteiger partial charge in [0.1, 0.15) is 22.6 Å². The molecule has 0 aliphatic carbocycles. The minimum absolute atomic E-state index is 0.184. The quantitative estimate of drug-likeness (QED) is 0.283. The van der Waals surface area contributed by atoms with E-state index in [2.05, 4.69) is 35.3 Å². The van der Waals surface area contributed by atoms with Crippen molar-refractivity contribution in [3.8, 4) is 11.3 Å². The number of nitrogens with zero attached hydrogens (tertiary/aromatic N) is 2. The van der Waals surface area contributed by atoms with Gasteiger partial charge in [0.05, 0.1) is 17.4 Å². The standard InChI is InChI=1S/C21H15BrN4O2S2/c1-12-2-9-16-20(26-30-25-16)19(12)24-21(29)23-18(27)11-8-15-7-10-17(28-15)13-3-5-14(22)6-4-13/h2-11H,1H3,(H2,23,24,27,29)/b11-8+. The lowest BCUT2D eigenvalue weighted by Gasteiger charge is -2.10. The van der Waals surface area contributed by atoms with Gasteiger partial charge in [-0.05, 0) is 61.1 Å². The number of nitrogens with one attached hydrogen (secondary N) is 2. The van der Waals surface area contributed by atoms with E-state index >= 15 is 0 Å². The molecule has 9 heteroatoms. The second kappa shape index (κ2) is 8.86. The van der Waals surface area contributed by atoms with Gasteiger partial charge in [-0.2, -0.15) is 8.75 Å². The van der Waals surface area contributed by atoms with E-state index in [9.17, 15) is 4.79 Å². The first-order chi connectivity index (χ1) is 14.5. The Bertz CT molecular complexity index is 1260. The second-order valence-electron chi connectivity index (χ2n) is 6.38. The first kappa shape index (κ1) is 20.4. The van der Waals surface area contributed by atoms with E-state index in [1.165, 1.54) is 6.08 Å². The number of hydrogen-bond acceptors (Lipinski definition) is 6. The monoisotopic (exact) mass is 498 g/mol. The third kappa shape index (κ3) is 4.64. The SMILES string of the molecule is Cc1ccc2nsnc2c1NC(=S)NC(=O)/C=C/c1ccc(-c2ccc(Br)cc2)o1. The van der Waals surface area contributed by atoms with Gasteiger partial charge in [-0.3, -0.25) is 10.1 Å². The number of hydrogen-bond donors (Lipinski definition) is 2. The zero-order valence-electron chi connectivity index (χ0n) is 15.7. The third-order valence-corrected chi connectivity index (χ3v) is 5.54. The highest BCUT2D eigenvalue weighted by Gasteiger charge is 2.11. The molecule has 0 unspecified atom stereocenters. The third-order valence-electron chi connectivity index (χ3n) is 4.27. The fourth-order valence-corrected chi connectivity index (χ4v) is 3.79. The lowest BCUT2D eigenvalue weighted by molar-refractivity contribution is -0.115. The molecule has 0 radical (unpaired) electrons. The van der Waals surface area contributed by atoms with Crippen LogP contribution in [-0.4, -0.2) is 19.8 Å². The summed E-state index contributed by atoms with van der Waals surface area (Å²) in [5.41, 5.74) is 4.15. The molecule has 4 aromatic rings. The molecule has 2 aromatic heterocycles. The van der Waals surface area contributed by atoms with Crippen LogP contribution in [0.25, 0.3) is 28.4 Å². The maximum absolute atomic E-state index is 12.2. The van der Waals surface area contributed by atoms with Crippen LogP contribution in [0.5, 0.6) is 0 Å². The molecule has 4 rings (SSSR count). The molecule has 2 heterocycles. The summed E-state index contributed by atoms with van der Waals surface area (Å²) >= 11 is 9.81. The van der Waals surface area contributed by atoms with Crippen LogP contribution in [0.4, 0.5) is 5.69 Å². The van der Waals surface area contributed by atoms with E-state index in [0.717, 1.165) is 49.8 Å². The van der Waals surface area contributed by atoms with Crippen molar-refractivity contribution in [2.75, 3.05) is 5.32 Å². The molecule has 6 nitrogen and oxygen atoms in total. The number of rotatable bonds is 4. The molecule has 2 aromatic carbocycles. The Hall–Kier alpha value is -2.88. The molecule has 0 saturated carbocycles. The van der Waals surface area contributed by atoms with Crippen molar-refractivity contribution < 1.29 is 9.21 Å². The van der Waals surface area contributed by atoms with Crippen molar-refractivity contribution in [2.45, 2.75) is 6.92 Å². The predicted molar refractivity (Wildman–Crippen MR) is 127 cm³/mol. The highest BCUT2D eigenvalue weighted by atomic mass is 79.9. The Morgan fingerprint density at radius 3 is 2.73 bits per heavy atom. The van der Waals surface area contributed by atoms with Gasteiger partial charge in [-0.15, -0.1) is 0 Å². The molecule has 0 aliphatic rings. The Kier molecular flexibility index (Phi) is 6.03. The van der Waals surface area contributed by atoms with Crippen LogP contribution in [-0.2, 0) is 4.79 Å². The van der Waals surface area contributed by atoms with Crippen LogP contribution < -0.4 is 10.6 Å². The van der Waals surface area contributed by atoms with Crippen LogP contribution in [0.1, 0.15) is 11.3 Å². The van der Waals surface area contributed by atoms with Gasteiger partial charge in [0.2, 0.25) is 5.91 Å². The van der Waals surface area contributed by atoms with Crippen molar-refractivity contribution in [3.05, 3.63) is 70.4 Å². The summed E-state index contributed by atoms with van der Waals surface area (Å²) in [4.78, 5) is 12.2. The Labute approximate surface area is 190 Å². The van der Waals surface area contributed by atoms with Gasteiger partial charge < -0.3 is 9.73 Å². The van der Waals surface area contributed by atoms with E-state index in [-0.39, 0.29) is 11.0 Å². The summed E-state index contributed by atoms with van der Waals surface area (Å²) in [6.07, 6.45) is 2.96. The molecule has 0 saturated heterocycles. The number of furan rings is 1. The highest BCUT2D eigenvalue weighted by molar-refractivity contribution is 9.10. The number of benzene rings is 2.